The molecule has 0 radical (unpaired) electrons. The molecule has 34 heavy (non-hydrogen) atoms. The molecular weight excluding hydrogens is 464 g/mol. The monoisotopic (exact) mass is 489 g/mol. The Morgan fingerprint density at radius 3 is 2.44 bits per heavy atom. The molecule has 0 saturated heterocycles. The Morgan fingerprint density at radius 2 is 1.74 bits per heavy atom. The molecule has 5 rings (SSSR count). The van der Waals surface area contributed by atoms with Crippen LogP contribution in [0.3, 0.4) is 0 Å². The Kier molecular flexibility index (Phi) is 6.80. The van der Waals surface area contributed by atoms with E-state index < -0.39 is 12.7 Å². The Hall–Kier alpha value is -2.94. The number of nitrogens with one attached hydrogen (secondary N) is 1. The number of rotatable bonds is 9. The summed E-state index contributed by atoms with van der Waals surface area (Å²) in [5.74, 6) is 0.962. The van der Waals surface area contributed by atoms with Gasteiger partial charge in [-0.25, -0.2) is 4.68 Å². The Bertz CT molecular complexity index is 1100. The summed E-state index contributed by atoms with van der Waals surface area (Å²) in [4.78, 5) is 0. The number of benzene rings is 2. The lowest BCUT2D eigenvalue weighted by molar-refractivity contribution is -0.0516. The number of anilines is 1. The van der Waals surface area contributed by atoms with E-state index in [0.29, 0.717) is 16.6 Å². The molecule has 0 bridgehead atoms. The largest absolute Gasteiger partial charge is 0.487 e. The summed E-state index contributed by atoms with van der Waals surface area (Å²) in [7, 11) is 0. The van der Waals surface area contributed by atoms with Crippen molar-refractivity contribution in [1.29, 1.82) is 0 Å². The number of hydrogen-bond acceptors (Lipinski definition) is 6. The highest BCUT2D eigenvalue weighted by Gasteiger charge is 2.29. The first kappa shape index (κ1) is 22.8. The van der Waals surface area contributed by atoms with Gasteiger partial charge in [0.15, 0.2) is 17.3 Å². The summed E-state index contributed by atoms with van der Waals surface area (Å²) >= 11 is 6.07. The zero-order chi connectivity index (χ0) is 23.5. The van der Waals surface area contributed by atoms with Crippen molar-refractivity contribution in [1.82, 2.24) is 20.2 Å². The van der Waals surface area contributed by atoms with Crippen molar-refractivity contribution >= 4 is 17.3 Å². The van der Waals surface area contributed by atoms with Gasteiger partial charge in [-0.05, 0) is 78.1 Å². The number of hydrogen-bond donors (Lipinski definition) is 1. The maximum atomic E-state index is 13.0. The Labute approximate surface area is 201 Å². The number of tetrazole rings is 1. The fourth-order valence-electron chi connectivity index (χ4n) is 4.34. The topological polar surface area (TPSA) is 74.1 Å². The van der Waals surface area contributed by atoms with E-state index >= 15 is 0 Å². The van der Waals surface area contributed by atoms with Gasteiger partial charge in [0.25, 0.3) is 0 Å². The molecule has 1 atom stereocenters. The van der Waals surface area contributed by atoms with E-state index in [4.69, 9.17) is 21.1 Å². The van der Waals surface area contributed by atoms with Crippen molar-refractivity contribution < 1.29 is 18.3 Å². The van der Waals surface area contributed by atoms with Gasteiger partial charge in [-0.1, -0.05) is 36.9 Å². The molecule has 180 valence electrons. The average molecular weight is 490 g/mol. The van der Waals surface area contributed by atoms with Crippen molar-refractivity contribution in [3.63, 3.8) is 0 Å². The van der Waals surface area contributed by atoms with Crippen LogP contribution in [0.2, 0.25) is 5.02 Å². The molecule has 2 aliphatic carbocycles. The second kappa shape index (κ2) is 10.1. The molecule has 2 fully saturated rings. The lowest BCUT2D eigenvalue weighted by atomic mass is 9.95. The molecule has 2 aromatic carbocycles. The predicted octanol–water partition coefficient (Wildman–Crippen LogP) is 6.18. The molecule has 2 aliphatic rings. The van der Waals surface area contributed by atoms with Crippen LogP contribution in [0, 0.1) is 0 Å². The molecule has 0 spiro atoms. The van der Waals surface area contributed by atoms with Crippen LogP contribution in [0.4, 0.5) is 14.5 Å². The van der Waals surface area contributed by atoms with Crippen LogP contribution in [0.5, 0.6) is 11.5 Å². The van der Waals surface area contributed by atoms with Crippen LogP contribution in [0.15, 0.2) is 42.5 Å². The first-order valence-electron chi connectivity index (χ1n) is 11.6. The highest BCUT2D eigenvalue weighted by atomic mass is 35.5. The number of ether oxygens (including phenoxy) is 2. The van der Waals surface area contributed by atoms with Crippen LogP contribution >= 0.6 is 11.6 Å². The van der Waals surface area contributed by atoms with E-state index in [0.717, 1.165) is 49.8 Å². The van der Waals surface area contributed by atoms with Crippen LogP contribution in [-0.4, -0.2) is 32.9 Å². The number of halogens is 3. The molecular formula is C24H26ClF2N5O2. The summed E-state index contributed by atoms with van der Waals surface area (Å²) in [5, 5.41) is 16.8. The molecule has 3 aromatic rings. The fourth-order valence-corrected chi connectivity index (χ4v) is 4.47. The molecule has 1 unspecified atom stereocenters. The van der Waals surface area contributed by atoms with Crippen LogP contribution in [0.25, 0.3) is 0 Å². The van der Waals surface area contributed by atoms with Gasteiger partial charge < -0.3 is 14.8 Å². The van der Waals surface area contributed by atoms with E-state index in [1.807, 2.05) is 16.8 Å². The SMILES string of the molecule is FC(F)Oc1ccc(C(Nc2ccc(Cl)cc2)c2nnnn2C2CCCCC2)cc1OC1CC1. The minimum absolute atomic E-state index is 0.0164. The number of aromatic nitrogens is 4. The van der Waals surface area contributed by atoms with E-state index in [-0.39, 0.29) is 17.9 Å². The van der Waals surface area contributed by atoms with Crippen molar-refractivity contribution in [3.8, 4) is 11.5 Å². The summed E-state index contributed by atoms with van der Waals surface area (Å²) in [6, 6.07) is 12.1. The second-order valence-corrected chi connectivity index (χ2v) is 9.20. The second-order valence-electron chi connectivity index (χ2n) is 8.76. The van der Waals surface area contributed by atoms with E-state index in [1.54, 1.807) is 24.3 Å². The van der Waals surface area contributed by atoms with Crippen LogP contribution < -0.4 is 14.8 Å². The summed E-state index contributed by atoms with van der Waals surface area (Å²) in [5.41, 5.74) is 1.60. The molecule has 1 aromatic heterocycles. The number of nitrogens with zero attached hydrogens (tertiary/aromatic N) is 4. The third-order valence-electron chi connectivity index (χ3n) is 6.19. The summed E-state index contributed by atoms with van der Waals surface area (Å²) < 4.78 is 38.5. The van der Waals surface area contributed by atoms with E-state index in [9.17, 15) is 8.78 Å². The van der Waals surface area contributed by atoms with Gasteiger partial charge in [0, 0.05) is 10.7 Å². The lowest BCUT2D eigenvalue weighted by Gasteiger charge is -2.26. The third kappa shape index (κ3) is 5.41. The highest BCUT2D eigenvalue weighted by molar-refractivity contribution is 6.30. The molecule has 1 N–H and O–H groups in total. The third-order valence-corrected chi connectivity index (χ3v) is 6.44. The van der Waals surface area contributed by atoms with Crippen molar-refractivity contribution in [3.05, 3.63) is 58.9 Å². The maximum Gasteiger partial charge on any atom is 0.387 e. The Balaban J connectivity index is 1.53. The summed E-state index contributed by atoms with van der Waals surface area (Å²) in [6.07, 6.45) is 7.33. The standard InChI is InChI=1S/C24H26ClF2N5O2/c25-16-7-9-17(10-8-16)28-22(23-29-30-31-32(23)18-4-2-1-3-5-18)15-6-13-20(34-24(26)27)21(14-15)33-19-11-12-19/h6-10,13-14,18-19,22,24,28H,1-5,11-12H2. The molecule has 1 heterocycles. The Morgan fingerprint density at radius 1 is 0.971 bits per heavy atom. The molecule has 0 aliphatic heterocycles. The van der Waals surface area contributed by atoms with Gasteiger partial charge >= 0.3 is 6.61 Å². The predicted molar refractivity (Wildman–Crippen MR) is 124 cm³/mol. The van der Waals surface area contributed by atoms with Gasteiger partial charge in [0.05, 0.1) is 12.1 Å². The van der Waals surface area contributed by atoms with Crippen molar-refractivity contribution in [2.75, 3.05) is 5.32 Å². The smallest absolute Gasteiger partial charge is 0.387 e. The van der Waals surface area contributed by atoms with Crippen molar-refractivity contribution in [2.45, 2.75) is 69.7 Å². The van der Waals surface area contributed by atoms with Crippen molar-refractivity contribution in [2.24, 2.45) is 0 Å². The zero-order valence-electron chi connectivity index (χ0n) is 18.5. The molecule has 7 nitrogen and oxygen atoms in total. The van der Waals surface area contributed by atoms with E-state index in [2.05, 4.69) is 20.8 Å². The number of alkyl halides is 2. The molecule has 2 saturated carbocycles. The zero-order valence-corrected chi connectivity index (χ0v) is 19.3. The highest BCUT2D eigenvalue weighted by Crippen LogP contribution is 2.39. The van der Waals surface area contributed by atoms with Crippen LogP contribution in [-0.2, 0) is 0 Å². The maximum absolute atomic E-state index is 13.0. The van der Waals surface area contributed by atoms with E-state index in [1.165, 1.54) is 12.5 Å². The quantitative estimate of drug-likeness (QED) is 0.387. The first-order valence-corrected chi connectivity index (χ1v) is 12.0. The first-order chi connectivity index (χ1) is 16.6. The summed E-state index contributed by atoms with van der Waals surface area (Å²) in [6.45, 7) is -2.94. The van der Waals surface area contributed by atoms with Gasteiger partial charge in [-0.2, -0.15) is 8.78 Å². The van der Waals surface area contributed by atoms with Gasteiger partial charge in [-0.3, -0.25) is 0 Å². The van der Waals surface area contributed by atoms with Gasteiger partial charge in [0.2, 0.25) is 0 Å². The fraction of sp³-hybridized carbons (Fsp3) is 0.458. The minimum atomic E-state index is -2.94. The normalized spacial score (nSPS) is 17.5. The molecule has 0 amide bonds. The minimum Gasteiger partial charge on any atom is -0.487 e. The lowest BCUT2D eigenvalue weighted by Crippen LogP contribution is -2.23. The van der Waals surface area contributed by atoms with Gasteiger partial charge in [0.1, 0.15) is 6.04 Å². The van der Waals surface area contributed by atoms with Crippen LogP contribution in [0.1, 0.15) is 68.4 Å². The average Bonchev–Trinajstić information content (AvgIpc) is 3.52. The molecule has 10 heteroatoms. The van der Waals surface area contributed by atoms with Gasteiger partial charge in [-0.15, -0.1) is 5.10 Å².